The van der Waals surface area contributed by atoms with Crippen LogP contribution in [0, 0.1) is 0 Å². The number of aromatic nitrogens is 2. The minimum atomic E-state index is -0.322. The second kappa shape index (κ2) is 5.25. The zero-order valence-electron chi connectivity index (χ0n) is 8.52. The van der Waals surface area contributed by atoms with E-state index in [1.54, 1.807) is 24.4 Å². The zero-order chi connectivity index (χ0) is 12.3. The molecule has 17 heavy (non-hydrogen) atoms. The summed E-state index contributed by atoms with van der Waals surface area (Å²) in [7, 11) is 0. The molecule has 0 aliphatic carbocycles. The molecule has 0 spiro atoms. The third-order valence-corrected chi connectivity index (χ3v) is 2.98. The fraction of sp³-hybridized carbons (Fsp3) is 0. The van der Waals surface area contributed by atoms with E-state index < -0.39 is 0 Å². The summed E-state index contributed by atoms with van der Waals surface area (Å²) in [5.74, 6) is -0.322. The Morgan fingerprint density at radius 1 is 1.35 bits per heavy atom. The van der Waals surface area contributed by atoms with Gasteiger partial charge in [-0.2, -0.15) is 0 Å². The van der Waals surface area contributed by atoms with Crippen molar-refractivity contribution >= 4 is 39.1 Å². The van der Waals surface area contributed by atoms with Crippen LogP contribution in [0.1, 0.15) is 10.4 Å². The van der Waals surface area contributed by atoms with Crippen molar-refractivity contribution in [3.05, 3.63) is 52.0 Å². The zero-order valence-corrected chi connectivity index (χ0v) is 10.9. The summed E-state index contributed by atoms with van der Waals surface area (Å²) in [6, 6.07) is 5.03. The minimum absolute atomic E-state index is 0.322. The Morgan fingerprint density at radius 3 is 2.88 bits per heavy atom. The van der Waals surface area contributed by atoms with E-state index in [-0.39, 0.29) is 5.91 Å². The Morgan fingerprint density at radius 2 is 2.18 bits per heavy atom. The van der Waals surface area contributed by atoms with E-state index in [4.69, 9.17) is 11.6 Å². The molecule has 2 aromatic rings. The fourth-order valence-corrected chi connectivity index (χ4v) is 1.75. The topological polar surface area (TPSA) is 54.9 Å². The molecule has 2 rings (SSSR count). The van der Waals surface area contributed by atoms with Gasteiger partial charge in [-0.1, -0.05) is 11.6 Å². The molecule has 0 aliphatic rings. The van der Waals surface area contributed by atoms with Gasteiger partial charge >= 0.3 is 0 Å². The summed E-state index contributed by atoms with van der Waals surface area (Å²) in [4.78, 5) is 19.8. The molecule has 0 bridgehead atoms. The molecule has 0 fully saturated rings. The molecule has 6 heteroatoms. The average Bonchev–Trinajstić information content (AvgIpc) is 2.32. The number of nitrogens with zero attached hydrogens (tertiary/aromatic N) is 2. The lowest BCUT2D eigenvalue weighted by Gasteiger charge is -2.06. The smallest absolute Gasteiger partial charge is 0.258 e. The Labute approximate surface area is 111 Å². The summed E-state index contributed by atoms with van der Waals surface area (Å²) in [5, 5.41) is 3.05. The molecule has 0 saturated carbocycles. The molecule has 86 valence electrons. The highest BCUT2D eigenvalue weighted by atomic mass is 79.9. The molecule has 0 aliphatic heterocycles. The summed E-state index contributed by atoms with van der Waals surface area (Å²) < 4.78 is 0.563. The Kier molecular flexibility index (Phi) is 3.71. The summed E-state index contributed by atoms with van der Waals surface area (Å²) in [5.41, 5.74) is 0.905. The average molecular weight is 313 g/mol. The molecule has 2 aromatic heterocycles. The number of carbonyl (C=O) groups excluding carboxylic acids is 1. The van der Waals surface area contributed by atoms with Crippen molar-refractivity contribution in [1.82, 2.24) is 9.97 Å². The third kappa shape index (κ3) is 2.81. The molecular formula is C11H7BrClN3O. The van der Waals surface area contributed by atoms with Crippen LogP contribution in [0.5, 0.6) is 0 Å². The summed E-state index contributed by atoms with van der Waals surface area (Å²) >= 11 is 9.14. The van der Waals surface area contributed by atoms with Crippen LogP contribution in [0.4, 0.5) is 5.69 Å². The highest BCUT2D eigenvalue weighted by Crippen LogP contribution is 2.20. The van der Waals surface area contributed by atoms with Gasteiger partial charge in [0.2, 0.25) is 0 Å². The van der Waals surface area contributed by atoms with Gasteiger partial charge in [0.25, 0.3) is 5.91 Å². The predicted octanol–water partition coefficient (Wildman–Crippen LogP) is 3.14. The number of halogens is 2. The number of pyridine rings is 2. The molecule has 0 radical (unpaired) electrons. The third-order valence-electron chi connectivity index (χ3n) is 2.02. The number of amides is 1. The van der Waals surface area contributed by atoms with E-state index in [0.717, 1.165) is 0 Å². The van der Waals surface area contributed by atoms with Gasteiger partial charge in [0.1, 0.15) is 4.60 Å². The van der Waals surface area contributed by atoms with E-state index in [1.165, 1.54) is 12.4 Å². The number of rotatable bonds is 2. The molecule has 0 unspecified atom stereocenters. The van der Waals surface area contributed by atoms with E-state index in [2.05, 4.69) is 31.2 Å². The molecule has 2 heterocycles. The first-order chi connectivity index (χ1) is 8.18. The van der Waals surface area contributed by atoms with Crippen LogP contribution in [0.3, 0.4) is 0 Å². The van der Waals surface area contributed by atoms with E-state index >= 15 is 0 Å². The Balaban J connectivity index is 2.24. The van der Waals surface area contributed by atoms with E-state index in [9.17, 15) is 4.79 Å². The Bertz CT molecular complexity index is 562. The first kappa shape index (κ1) is 12.0. The van der Waals surface area contributed by atoms with Crippen LogP contribution in [0.25, 0.3) is 0 Å². The summed E-state index contributed by atoms with van der Waals surface area (Å²) in [6.45, 7) is 0. The molecule has 0 atom stereocenters. The maximum atomic E-state index is 11.9. The molecule has 0 saturated heterocycles. The monoisotopic (exact) mass is 311 g/mol. The van der Waals surface area contributed by atoms with Gasteiger partial charge in [-0.05, 0) is 34.1 Å². The second-order valence-electron chi connectivity index (χ2n) is 3.15. The molecule has 1 N–H and O–H groups in total. The number of hydrogen-bond donors (Lipinski definition) is 1. The molecular weight excluding hydrogens is 305 g/mol. The van der Waals surface area contributed by atoms with Crippen molar-refractivity contribution < 1.29 is 4.79 Å². The Hall–Kier alpha value is -1.46. The number of anilines is 1. The van der Waals surface area contributed by atoms with Crippen LogP contribution in [-0.2, 0) is 0 Å². The van der Waals surface area contributed by atoms with Crippen molar-refractivity contribution in [3.63, 3.8) is 0 Å². The van der Waals surface area contributed by atoms with Gasteiger partial charge in [-0.25, -0.2) is 4.98 Å². The molecule has 0 aromatic carbocycles. The SMILES string of the molecule is O=C(Nc1cccnc1Br)c1cnccc1Cl. The van der Waals surface area contributed by atoms with Crippen LogP contribution in [0.15, 0.2) is 41.4 Å². The van der Waals surface area contributed by atoms with Crippen LogP contribution >= 0.6 is 27.5 Å². The molecule has 4 nitrogen and oxygen atoms in total. The lowest BCUT2D eigenvalue weighted by atomic mass is 10.2. The van der Waals surface area contributed by atoms with Gasteiger partial charge in [0, 0.05) is 18.6 Å². The van der Waals surface area contributed by atoms with Gasteiger partial charge < -0.3 is 5.32 Å². The van der Waals surface area contributed by atoms with Gasteiger partial charge in [0.15, 0.2) is 0 Å². The molecule has 1 amide bonds. The van der Waals surface area contributed by atoms with Gasteiger partial charge in [-0.3, -0.25) is 9.78 Å². The van der Waals surface area contributed by atoms with Crippen molar-refractivity contribution in [3.8, 4) is 0 Å². The largest absolute Gasteiger partial charge is 0.320 e. The van der Waals surface area contributed by atoms with Crippen LogP contribution in [0.2, 0.25) is 5.02 Å². The van der Waals surface area contributed by atoms with Gasteiger partial charge in [0.05, 0.1) is 16.3 Å². The van der Waals surface area contributed by atoms with Crippen LogP contribution < -0.4 is 5.32 Å². The number of hydrogen-bond acceptors (Lipinski definition) is 3. The minimum Gasteiger partial charge on any atom is -0.320 e. The standard InChI is InChI=1S/C11H7BrClN3O/c12-10-9(2-1-4-15-10)16-11(17)7-6-14-5-3-8(7)13/h1-6H,(H,16,17). The highest BCUT2D eigenvalue weighted by molar-refractivity contribution is 9.10. The van der Waals surface area contributed by atoms with Crippen molar-refractivity contribution in [2.24, 2.45) is 0 Å². The maximum absolute atomic E-state index is 11.9. The first-order valence-electron chi connectivity index (χ1n) is 4.70. The van der Waals surface area contributed by atoms with Crippen LogP contribution in [-0.4, -0.2) is 15.9 Å². The number of nitrogens with one attached hydrogen (secondary N) is 1. The predicted molar refractivity (Wildman–Crippen MR) is 69.1 cm³/mol. The van der Waals surface area contributed by atoms with E-state index in [1.807, 2.05) is 0 Å². The fourth-order valence-electron chi connectivity index (χ4n) is 1.21. The lowest BCUT2D eigenvalue weighted by molar-refractivity contribution is 0.102. The van der Waals surface area contributed by atoms with Crippen molar-refractivity contribution in [1.29, 1.82) is 0 Å². The summed E-state index contributed by atoms with van der Waals surface area (Å²) in [6.07, 6.45) is 4.57. The highest BCUT2D eigenvalue weighted by Gasteiger charge is 2.11. The van der Waals surface area contributed by atoms with E-state index in [0.29, 0.717) is 20.9 Å². The van der Waals surface area contributed by atoms with Crippen molar-refractivity contribution in [2.75, 3.05) is 5.32 Å². The van der Waals surface area contributed by atoms with Crippen molar-refractivity contribution in [2.45, 2.75) is 0 Å². The lowest BCUT2D eigenvalue weighted by Crippen LogP contribution is -2.13. The quantitative estimate of drug-likeness (QED) is 0.867. The normalized spacial score (nSPS) is 10.0. The number of carbonyl (C=O) groups is 1. The maximum Gasteiger partial charge on any atom is 0.258 e. The second-order valence-corrected chi connectivity index (χ2v) is 4.31. The first-order valence-corrected chi connectivity index (χ1v) is 5.87. The van der Waals surface area contributed by atoms with Gasteiger partial charge in [-0.15, -0.1) is 0 Å².